The summed E-state index contributed by atoms with van der Waals surface area (Å²) >= 11 is 0. The van der Waals surface area contributed by atoms with Crippen LogP contribution in [0.1, 0.15) is 68.1 Å². The monoisotopic (exact) mass is 622 g/mol. The van der Waals surface area contributed by atoms with Crippen LogP contribution in [-0.4, -0.2) is 74.1 Å². The Labute approximate surface area is 256 Å². The topological polar surface area (TPSA) is 176 Å². The molecule has 1 aliphatic heterocycles. The molecule has 4 aromatic rings. The smallest absolute Gasteiger partial charge is 0.338 e. The second-order valence-corrected chi connectivity index (χ2v) is 14.8. The average molecular weight is 623 g/mol. The number of hydrogen-bond donors (Lipinski definition) is 3. The van der Waals surface area contributed by atoms with Crippen molar-refractivity contribution in [3.05, 3.63) is 47.7 Å². The first-order valence-corrected chi connectivity index (χ1v) is 16.1. The molecule has 13 nitrogen and oxygen atoms in total. The van der Waals surface area contributed by atoms with E-state index >= 15 is 0 Å². The van der Waals surface area contributed by atoms with Crippen molar-refractivity contribution in [2.45, 2.75) is 69.9 Å². The van der Waals surface area contributed by atoms with Gasteiger partial charge in [-0.05, 0) is 72.3 Å². The Bertz CT molecular complexity index is 1760. The van der Waals surface area contributed by atoms with Crippen molar-refractivity contribution in [1.82, 2.24) is 30.1 Å². The molecule has 0 spiro atoms. The van der Waals surface area contributed by atoms with E-state index in [1.807, 2.05) is 13.8 Å². The van der Waals surface area contributed by atoms with Crippen LogP contribution in [0.4, 0.5) is 17.6 Å². The molecule has 1 aliphatic rings. The molecule has 3 aromatic heterocycles. The number of nitrogens with zero attached hydrogens (tertiary/aromatic N) is 6. The highest BCUT2D eigenvalue weighted by molar-refractivity contribution is 7.92. The number of aromatic amines is 1. The molecule has 4 heterocycles. The fourth-order valence-corrected chi connectivity index (χ4v) is 6.43. The molecular formula is C30H38N8O5S. The first-order chi connectivity index (χ1) is 20.8. The number of rotatable bonds is 10. The lowest BCUT2D eigenvalue weighted by molar-refractivity contribution is 0.0696. The number of sulfone groups is 1. The Morgan fingerprint density at radius 1 is 1.11 bits per heavy atom. The van der Waals surface area contributed by atoms with Crippen molar-refractivity contribution in [2.24, 2.45) is 5.92 Å². The van der Waals surface area contributed by atoms with Crippen LogP contribution in [0.2, 0.25) is 0 Å². The minimum absolute atomic E-state index is 0.0670. The number of nitrogens with one attached hydrogen (secondary N) is 2. The van der Waals surface area contributed by atoms with Gasteiger partial charge in [0.25, 0.3) is 0 Å². The largest absolute Gasteiger partial charge is 0.492 e. The van der Waals surface area contributed by atoms with Crippen molar-refractivity contribution in [3.8, 4) is 5.75 Å². The Hall–Kier alpha value is -4.33. The maximum Gasteiger partial charge on any atom is 0.338 e. The number of fused-ring (bicyclic) bond motifs is 1. The number of benzene rings is 1. The van der Waals surface area contributed by atoms with Gasteiger partial charge in [-0.1, -0.05) is 0 Å². The van der Waals surface area contributed by atoms with Crippen LogP contribution in [0.25, 0.3) is 10.9 Å². The second-order valence-electron chi connectivity index (χ2n) is 12.1. The molecule has 1 saturated heterocycles. The summed E-state index contributed by atoms with van der Waals surface area (Å²) < 4.78 is 32.6. The average Bonchev–Trinajstić information content (AvgIpc) is 3.31. The minimum Gasteiger partial charge on any atom is -0.492 e. The molecule has 0 aliphatic carbocycles. The third-order valence-corrected chi connectivity index (χ3v) is 10.6. The lowest BCUT2D eigenvalue weighted by Gasteiger charge is -2.32. The van der Waals surface area contributed by atoms with Gasteiger partial charge in [0.15, 0.2) is 9.84 Å². The number of ether oxygens (including phenoxy) is 1. The second kappa shape index (κ2) is 12.3. The third kappa shape index (κ3) is 6.44. The number of hydrogen-bond acceptors (Lipinski definition) is 11. The van der Waals surface area contributed by atoms with Crippen molar-refractivity contribution in [2.75, 3.05) is 29.9 Å². The molecule has 44 heavy (non-hydrogen) atoms. The fraction of sp³-hybridized carbons (Fsp3) is 0.467. The van der Waals surface area contributed by atoms with Gasteiger partial charge in [-0.15, -0.1) is 0 Å². The summed E-state index contributed by atoms with van der Waals surface area (Å²) in [7, 11) is -3.77. The van der Waals surface area contributed by atoms with Crippen LogP contribution < -0.4 is 15.0 Å². The van der Waals surface area contributed by atoms with E-state index in [4.69, 9.17) is 9.84 Å². The Morgan fingerprint density at radius 3 is 2.43 bits per heavy atom. The molecule has 0 radical (unpaired) electrons. The lowest BCUT2D eigenvalue weighted by atomic mass is 9.92. The number of carboxylic acid groups (broad SMARTS) is 1. The quantitative estimate of drug-likeness (QED) is 0.205. The van der Waals surface area contributed by atoms with Gasteiger partial charge < -0.3 is 20.1 Å². The van der Waals surface area contributed by atoms with Crippen LogP contribution in [0.15, 0.2) is 35.7 Å². The van der Waals surface area contributed by atoms with E-state index in [2.05, 4.69) is 40.3 Å². The van der Waals surface area contributed by atoms with Crippen molar-refractivity contribution >= 4 is 44.3 Å². The number of H-pyrrole nitrogens is 1. The van der Waals surface area contributed by atoms with Crippen LogP contribution in [-0.2, 0) is 9.84 Å². The van der Waals surface area contributed by atoms with Crippen molar-refractivity contribution in [1.29, 1.82) is 0 Å². The van der Waals surface area contributed by atoms with E-state index in [1.165, 1.54) is 18.7 Å². The third-order valence-electron chi connectivity index (χ3n) is 8.09. The maximum absolute atomic E-state index is 13.7. The molecule has 3 N–H and O–H groups in total. The molecule has 0 amide bonds. The molecule has 0 atom stereocenters. The number of piperidine rings is 1. The fourth-order valence-electron chi connectivity index (χ4n) is 5.12. The Kier molecular flexibility index (Phi) is 8.73. The van der Waals surface area contributed by atoms with E-state index < -0.39 is 20.6 Å². The molecule has 0 unspecified atom stereocenters. The number of aromatic carboxylic acids is 1. The zero-order valence-electron chi connectivity index (χ0n) is 25.6. The molecule has 1 fully saturated rings. The van der Waals surface area contributed by atoms with Gasteiger partial charge in [-0.25, -0.2) is 33.1 Å². The van der Waals surface area contributed by atoms with E-state index in [-0.39, 0.29) is 16.2 Å². The van der Waals surface area contributed by atoms with Gasteiger partial charge in [0.2, 0.25) is 5.95 Å². The zero-order valence-corrected chi connectivity index (χ0v) is 26.4. The summed E-state index contributed by atoms with van der Waals surface area (Å²) in [6, 6.07) is 3.28. The molecule has 0 saturated carbocycles. The van der Waals surface area contributed by atoms with Gasteiger partial charge in [0, 0.05) is 42.5 Å². The van der Waals surface area contributed by atoms with Crippen molar-refractivity contribution in [3.63, 3.8) is 0 Å². The molecule has 1 aromatic carbocycles. The number of anilines is 3. The normalized spacial score (nSPS) is 14.6. The maximum atomic E-state index is 13.7. The zero-order chi connectivity index (χ0) is 31.6. The van der Waals surface area contributed by atoms with E-state index in [0.29, 0.717) is 41.0 Å². The number of carboxylic acids is 1. The molecule has 14 heteroatoms. The molecule has 0 bridgehead atoms. The van der Waals surface area contributed by atoms with Gasteiger partial charge >= 0.3 is 5.97 Å². The summed E-state index contributed by atoms with van der Waals surface area (Å²) in [5.41, 5.74) is 2.42. The number of aromatic nitrogens is 6. The highest BCUT2D eigenvalue weighted by Crippen LogP contribution is 2.37. The minimum atomic E-state index is -3.77. The van der Waals surface area contributed by atoms with E-state index in [9.17, 15) is 13.2 Å². The van der Waals surface area contributed by atoms with Crippen LogP contribution in [0.3, 0.4) is 0 Å². The molecule has 5 rings (SSSR count). The summed E-state index contributed by atoms with van der Waals surface area (Å²) in [6.45, 7) is 10.8. The van der Waals surface area contributed by atoms with Crippen LogP contribution in [0.5, 0.6) is 5.75 Å². The van der Waals surface area contributed by atoms with Crippen LogP contribution in [0, 0.1) is 19.8 Å². The SMILES string of the molecule is Cc1n[nH]c(Nc2ncnc3cc(OCCCC4CCN(c5ncc(C(=O)O)cn5)CC4)c(S(=O)(=O)C(C)(C)C)cc23)c1C. The van der Waals surface area contributed by atoms with Crippen molar-refractivity contribution < 1.29 is 23.1 Å². The first kappa shape index (κ1) is 31.1. The summed E-state index contributed by atoms with van der Waals surface area (Å²) in [4.78, 5) is 30.4. The lowest BCUT2D eigenvalue weighted by Crippen LogP contribution is -2.35. The first-order valence-electron chi connectivity index (χ1n) is 14.6. The summed E-state index contributed by atoms with van der Waals surface area (Å²) in [6.07, 6.45) is 7.69. The van der Waals surface area contributed by atoms with E-state index in [0.717, 1.165) is 50.0 Å². The summed E-state index contributed by atoms with van der Waals surface area (Å²) in [5.74, 6) is 1.40. The predicted octanol–water partition coefficient (Wildman–Crippen LogP) is 4.85. The van der Waals surface area contributed by atoms with Gasteiger partial charge in [-0.3, -0.25) is 5.10 Å². The summed E-state index contributed by atoms with van der Waals surface area (Å²) in [5, 5.41) is 20.0. The van der Waals surface area contributed by atoms with Gasteiger partial charge in [-0.2, -0.15) is 5.10 Å². The molecule has 234 valence electrons. The Balaban J connectivity index is 1.27. The van der Waals surface area contributed by atoms with E-state index in [1.54, 1.807) is 32.9 Å². The number of aryl methyl sites for hydroxylation is 1. The Morgan fingerprint density at radius 2 is 1.82 bits per heavy atom. The van der Waals surface area contributed by atoms with Crippen LogP contribution >= 0.6 is 0 Å². The standard InChI is InChI=1S/C30H38N8O5S/c1-18-19(2)36-37-26(18)35-27-22-13-25(44(41,42)30(3,4)5)24(14-23(22)33-17-34-27)43-12-6-7-20-8-10-38(11-9-20)29-31-15-21(16-32-29)28(39)40/h13-17,20H,6-12H2,1-5H3,(H,39,40)(H2,33,34,35,36,37). The molecular weight excluding hydrogens is 584 g/mol. The van der Waals surface area contributed by atoms with Gasteiger partial charge in [0.1, 0.15) is 28.6 Å². The highest BCUT2D eigenvalue weighted by Gasteiger charge is 2.34. The van der Waals surface area contributed by atoms with Gasteiger partial charge in [0.05, 0.1) is 28.1 Å². The highest BCUT2D eigenvalue weighted by atomic mass is 32.2. The number of carbonyl (C=O) groups is 1. The predicted molar refractivity (Wildman–Crippen MR) is 166 cm³/mol.